The van der Waals surface area contributed by atoms with Crippen LogP contribution in [-0.4, -0.2) is 35.9 Å². The van der Waals surface area contributed by atoms with Crippen molar-refractivity contribution in [3.05, 3.63) is 65.5 Å². The lowest BCUT2D eigenvalue weighted by molar-refractivity contribution is -0.142. The van der Waals surface area contributed by atoms with Crippen molar-refractivity contribution in [2.45, 2.75) is 59.0 Å². The Balaban J connectivity index is 2.13. The third kappa shape index (κ3) is 7.09. The molecule has 0 saturated heterocycles. The fourth-order valence-corrected chi connectivity index (χ4v) is 3.07. The molecule has 0 aliphatic heterocycles. The van der Waals surface area contributed by atoms with Crippen LogP contribution in [0.4, 0.5) is 4.39 Å². The van der Waals surface area contributed by atoms with Crippen LogP contribution in [0.25, 0.3) is 0 Å². The van der Waals surface area contributed by atoms with Crippen molar-refractivity contribution in [1.29, 1.82) is 0 Å². The number of carbonyl (C=O) groups excluding carboxylic acids is 2. The Morgan fingerprint density at radius 1 is 1.10 bits per heavy atom. The predicted octanol–water partition coefficient (Wildman–Crippen LogP) is 4.45. The fourth-order valence-electron chi connectivity index (χ4n) is 3.07. The molecule has 2 amide bonds. The zero-order valence-electron chi connectivity index (χ0n) is 19.1. The van der Waals surface area contributed by atoms with Crippen molar-refractivity contribution in [3.8, 4) is 5.75 Å². The number of hydrogen-bond acceptors (Lipinski definition) is 3. The summed E-state index contributed by atoms with van der Waals surface area (Å²) in [5, 5.41) is 2.79. The summed E-state index contributed by atoms with van der Waals surface area (Å²) in [6.07, 6.45) is 0.785. The van der Waals surface area contributed by atoms with E-state index in [-0.39, 0.29) is 30.4 Å². The van der Waals surface area contributed by atoms with Gasteiger partial charge in [-0.05, 0) is 42.5 Å². The minimum Gasteiger partial charge on any atom is -0.484 e. The van der Waals surface area contributed by atoms with Gasteiger partial charge in [0.05, 0.1) is 0 Å². The van der Waals surface area contributed by atoms with E-state index < -0.39 is 11.9 Å². The monoisotopic (exact) mass is 428 g/mol. The summed E-state index contributed by atoms with van der Waals surface area (Å²) in [7, 11) is 0. The van der Waals surface area contributed by atoms with E-state index in [9.17, 15) is 14.0 Å². The van der Waals surface area contributed by atoms with Crippen LogP contribution in [0.3, 0.4) is 0 Å². The van der Waals surface area contributed by atoms with E-state index in [2.05, 4.69) is 26.1 Å². The topological polar surface area (TPSA) is 58.6 Å². The molecule has 2 aromatic carbocycles. The highest BCUT2D eigenvalue weighted by Gasteiger charge is 2.27. The maximum atomic E-state index is 14.2. The van der Waals surface area contributed by atoms with Crippen LogP contribution < -0.4 is 10.1 Å². The van der Waals surface area contributed by atoms with Crippen molar-refractivity contribution in [2.75, 3.05) is 13.2 Å². The summed E-state index contributed by atoms with van der Waals surface area (Å²) in [6.45, 7) is 10.2. The average Bonchev–Trinajstić information content (AvgIpc) is 2.74. The number of nitrogens with one attached hydrogen (secondary N) is 1. The zero-order valence-corrected chi connectivity index (χ0v) is 19.1. The first-order valence-corrected chi connectivity index (χ1v) is 10.7. The van der Waals surface area contributed by atoms with Crippen molar-refractivity contribution in [3.63, 3.8) is 0 Å². The number of hydrogen-bond donors (Lipinski definition) is 1. The molecule has 0 aliphatic carbocycles. The molecular weight excluding hydrogens is 395 g/mol. The first-order chi connectivity index (χ1) is 14.6. The van der Waals surface area contributed by atoms with Crippen LogP contribution in [0.15, 0.2) is 48.5 Å². The van der Waals surface area contributed by atoms with Gasteiger partial charge in [-0.1, -0.05) is 58.0 Å². The van der Waals surface area contributed by atoms with Crippen molar-refractivity contribution in [1.82, 2.24) is 10.2 Å². The van der Waals surface area contributed by atoms with Crippen LogP contribution in [0.5, 0.6) is 5.75 Å². The van der Waals surface area contributed by atoms with Crippen molar-refractivity contribution in [2.24, 2.45) is 0 Å². The molecule has 6 heteroatoms. The summed E-state index contributed by atoms with van der Waals surface area (Å²) >= 11 is 0. The number of carbonyl (C=O) groups is 2. The molecule has 0 fully saturated rings. The predicted molar refractivity (Wildman–Crippen MR) is 120 cm³/mol. The number of nitrogens with zero attached hydrogens (tertiary/aromatic N) is 1. The molecule has 2 rings (SSSR count). The SMILES string of the molecule is CCCNC(=O)[C@@H](C)N(Cc1ccccc1F)C(=O)COc1ccc(C(C)(C)C)cc1. The maximum Gasteiger partial charge on any atom is 0.261 e. The molecule has 0 aromatic heterocycles. The lowest BCUT2D eigenvalue weighted by Gasteiger charge is -2.29. The molecule has 2 aromatic rings. The van der Waals surface area contributed by atoms with Gasteiger partial charge in [0, 0.05) is 18.7 Å². The van der Waals surface area contributed by atoms with E-state index in [4.69, 9.17) is 4.74 Å². The van der Waals surface area contributed by atoms with Crippen LogP contribution in [0, 0.1) is 5.82 Å². The number of amides is 2. The molecule has 0 heterocycles. The molecule has 0 saturated carbocycles. The number of halogens is 1. The lowest BCUT2D eigenvalue weighted by Crippen LogP contribution is -2.49. The van der Waals surface area contributed by atoms with E-state index in [1.807, 2.05) is 31.2 Å². The molecule has 0 aliphatic rings. The van der Waals surface area contributed by atoms with E-state index in [1.54, 1.807) is 25.1 Å². The van der Waals surface area contributed by atoms with Gasteiger partial charge >= 0.3 is 0 Å². The van der Waals surface area contributed by atoms with E-state index in [1.165, 1.54) is 11.0 Å². The van der Waals surface area contributed by atoms with Gasteiger partial charge in [-0.15, -0.1) is 0 Å². The molecular formula is C25H33FN2O3. The fraction of sp³-hybridized carbons (Fsp3) is 0.440. The van der Waals surface area contributed by atoms with Gasteiger partial charge in [0.2, 0.25) is 5.91 Å². The van der Waals surface area contributed by atoms with Gasteiger partial charge in [-0.3, -0.25) is 9.59 Å². The molecule has 0 spiro atoms. The molecule has 5 nitrogen and oxygen atoms in total. The summed E-state index contributed by atoms with van der Waals surface area (Å²) in [5.74, 6) is -0.515. The van der Waals surface area contributed by atoms with Crippen LogP contribution in [-0.2, 0) is 21.5 Å². The highest BCUT2D eigenvalue weighted by atomic mass is 19.1. The summed E-state index contributed by atoms with van der Waals surface area (Å²) in [6, 6.07) is 13.1. The molecule has 1 N–H and O–H groups in total. The second-order valence-electron chi connectivity index (χ2n) is 8.64. The molecule has 0 bridgehead atoms. The number of ether oxygens (including phenoxy) is 1. The normalized spacial score (nSPS) is 12.2. The van der Waals surface area contributed by atoms with Gasteiger partial charge in [-0.2, -0.15) is 0 Å². The molecule has 0 unspecified atom stereocenters. The van der Waals surface area contributed by atoms with Crippen LogP contribution in [0.2, 0.25) is 0 Å². The first kappa shape index (κ1) is 24.4. The highest BCUT2D eigenvalue weighted by Crippen LogP contribution is 2.24. The third-order valence-electron chi connectivity index (χ3n) is 5.10. The van der Waals surface area contributed by atoms with Crippen LogP contribution >= 0.6 is 0 Å². The summed E-state index contributed by atoms with van der Waals surface area (Å²) < 4.78 is 19.9. The molecule has 168 valence electrons. The Labute approximate surface area is 184 Å². The van der Waals surface area contributed by atoms with Gasteiger partial charge in [0.15, 0.2) is 6.61 Å². The summed E-state index contributed by atoms with van der Waals surface area (Å²) in [5.41, 5.74) is 1.53. The van der Waals surface area contributed by atoms with Crippen molar-refractivity contribution < 1.29 is 18.7 Å². The Morgan fingerprint density at radius 3 is 2.32 bits per heavy atom. The van der Waals surface area contributed by atoms with E-state index >= 15 is 0 Å². The highest BCUT2D eigenvalue weighted by molar-refractivity contribution is 5.87. The largest absolute Gasteiger partial charge is 0.484 e. The Morgan fingerprint density at radius 2 is 1.74 bits per heavy atom. The Hall–Kier alpha value is -2.89. The average molecular weight is 429 g/mol. The minimum atomic E-state index is -0.759. The summed E-state index contributed by atoms with van der Waals surface area (Å²) in [4.78, 5) is 26.8. The van der Waals surface area contributed by atoms with Gasteiger partial charge in [0.1, 0.15) is 17.6 Å². The van der Waals surface area contributed by atoms with E-state index in [0.29, 0.717) is 17.9 Å². The third-order valence-corrected chi connectivity index (χ3v) is 5.10. The Kier molecular flexibility index (Phi) is 8.60. The lowest BCUT2D eigenvalue weighted by atomic mass is 9.87. The first-order valence-electron chi connectivity index (χ1n) is 10.7. The Bertz CT molecular complexity index is 875. The smallest absolute Gasteiger partial charge is 0.261 e. The van der Waals surface area contributed by atoms with E-state index in [0.717, 1.165) is 12.0 Å². The maximum absolute atomic E-state index is 14.2. The molecule has 0 radical (unpaired) electrons. The zero-order chi connectivity index (χ0) is 23.0. The van der Waals surface area contributed by atoms with Crippen molar-refractivity contribution >= 4 is 11.8 Å². The second kappa shape index (κ2) is 10.9. The van der Waals surface area contributed by atoms with Gasteiger partial charge in [-0.25, -0.2) is 4.39 Å². The van der Waals surface area contributed by atoms with Crippen LogP contribution in [0.1, 0.15) is 52.2 Å². The number of benzene rings is 2. The molecule has 1 atom stereocenters. The van der Waals surface area contributed by atoms with Gasteiger partial charge < -0.3 is 15.0 Å². The minimum absolute atomic E-state index is 0.0153. The second-order valence-corrected chi connectivity index (χ2v) is 8.64. The van der Waals surface area contributed by atoms with Gasteiger partial charge in [0.25, 0.3) is 5.91 Å². The molecule has 31 heavy (non-hydrogen) atoms. The number of rotatable bonds is 9. The quantitative estimate of drug-likeness (QED) is 0.642. The standard InChI is InChI=1S/C25H33FN2O3/c1-6-15-27-24(30)18(2)28(16-19-9-7-8-10-22(19)26)23(29)17-31-21-13-11-20(12-14-21)25(3,4)5/h7-14,18H,6,15-17H2,1-5H3,(H,27,30)/t18-/m1/s1.